The van der Waals surface area contributed by atoms with Gasteiger partial charge < -0.3 is 15.2 Å². The van der Waals surface area contributed by atoms with Crippen molar-refractivity contribution in [2.24, 2.45) is 5.92 Å². The fourth-order valence-corrected chi connectivity index (χ4v) is 2.01. The Hall–Kier alpha value is -0.680. The number of benzene rings is 1. The molecule has 0 radical (unpaired) electrons. The van der Waals surface area contributed by atoms with Gasteiger partial charge in [-0.3, -0.25) is 0 Å². The molecule has 1 saturated carbocycles. The van der Waals surface area contributed by atoms with Gasteiger partial charge in [0, 0.05) is 30.3 Å². The van der Waals surface area contributed by atoms with Crippen LogP contribution in [0.2, 0.25) is 5.02 Å². The van der Waals surface area contributed by atoms with Crippen molar-refractivity contribution in [3.63, 3.8) is 0 Å². The summed E-state index contributed by atoms with van der Waals surface area (Å²) in [6.07, 6.45) is 1.89. The van der Waals surface area contributed by atoms with Crippen LogP contribution in [-0.4, -0.2) is 31.0 Å². The van der Waals surface area contributed by atoms with Gasteiger partial charge in [-0.15, -0.1) is 0 Å². The van der Waals surface area contributed by atoms with E-state index in [1.165, 1.54) is 18.9 Å². The monoisotopic (exact) mass is 287 g/mol. The van der Waals surface area contributed by atoms with Gasteiger partial charge >= 0.3 is 0 Å². The average Bonchev–Trinajstić information content (AvgIpc) is 3.17. The third-order valence-corrected chi connectivity index (χ3v) is 3.46. The highest BCUT2D eigenvalue weighted by molar-refractivity contribution is 6.31. The molecule has 1 aromatic carbocycles. The first-order valence-electron chi connectivity index (χ1n) is 6.56. The molecule has 0 heterocycles. The van der Waals surface area contributed by atoms with E-state index in [1.54, 1.807) is 12.1 Å². The minimum atomic E-state index is -0.579. The molecule has 1 aliphatic rings. The van der Waals surface area contributed by atoms with Crippen molar-refractivity contribution in [1.82, 2.24) is 5.32 Å². The van der Waals surface area contributed by atoms with Gasteiger partial charge in [0.2, 0.25) is 0 Å². The molecule has 0 aliphatic heterocycles. The van der Waals surface area contributed by atoms with E-state index in [2.05, 4.69) is 5.32 Å². The molecule has 19 heavy (non-hydrogen) atoms. The summed E-state index contributed by atoms with van der Waals surface area (Å²) in [6.45, 7) is 1.70. The molecule has 1 unspecified atom stereocenters. The van der Waals surface area contributed by atoms with Gasteiger partial charge in [0.05, 0.1) is 12.7 Å². The molecule has 106 valence electrons. The van der Waals surface area contributed by atoms with E-state index in [0.717, 1.165) is 6.61 Å². The number of nitrogens with one attached hydrogen (secondary N) is 1. The molecule has 3 nitrogen and oxygen atoms in total. The van der Waals surface area contributed by atoms with E-state index in [4.69, 9.17) is 16.3 Å². The van der Waals surface area contributed by atoms with Crippen molar-refractivity contribution in [2.75, 3.05) is 19.8 Å². The zero-order chi connectivity index (χ0) is 13.7. The Morgan fingerprint density at radius 2 is 2.26 bits per heavy atom. The summed E-state index contributed by atoms with van der Waals surface area (Å²) in [6, 6.07) is 4.59. The lowest BCUT2D eigenvalue weighted by atomic mass is 10.2. The Kier molecular flexibility index (Phi) is 5.58. The molecule has 0 bridgehead atoms. The van der Waals surface area contributed by atoms with Gasteiger partial charge in [0.1, 0.15) is 5.82 Å². The van der Waals surface area contributed by atoms with Gasteiger partial charge in [-0.1, -0.05) is 17.7 Å². The van der Waals surface area contributed by atoms with E-state index in [9.17, 15) is 9.50 Å². The highest BCUT2D eigenvalue weighted by Gasteiger charge is 2.21. The highest BCUT2D eigenvalue weighted by Crippen LogP contribution is 2.28. The lowest BCUT2D eigenvalue weighted by Crippen LogP contribution is -2.30. The van der Waals surface area contributed by atoms with Crippen LogP contribution in [-0.2, 0) is 11.3 Å². The molecule has 1 aromatic rings. The van der Waals surface area contributed by atoms with E-state index in [0.29, 0.717) is 36.2 Å². The third-order valence-electron chi connectivity index (χ3n) is 3.10. The maximum Gasteiger partial charge on any atom is 0.129 e. The van der Waals surface area contributed by atoms with Crippen molar-refractivity contribution >= 4 is 11.6 Å². The van der Waals surface area contributed by atoms with Crippen LogP contribution < -0.4 is 5.32 Å². The van der Waals surface area contributed by atoms with Crippen LogP contribution in [0.1, 0.15) is 18.4 Å². The first-order valence-corrected chi connectivity index (χ1v) is 6.94. The highest BCUT2D eigenvalue weighted by atomic mass is 35.5. The van der Waals surface area contributed by atoms with E-state index >= 15 is 0 Å². The topological polar surface area (TPSA) is 41.5 Å². The second kappa shape index (κ2) is 7.20. The number of rotatable bonds is 8. The summed E-state index contributed by atoms with van der Waals surface area (Å²) in [4.78, 5) is 0. The van der Waals surface area contributed by atoms with Gasteiger partial charge in [-0.05, 0) is 30.9 Å². The zero-order valence-corrected chi connectivity index (χ0v) is 11.5. The third kappa shape index (κ3) is 5.07. The Morgan fingerprint density at radius 1 is 1.47 bits per heavy atom. The fraction of sp³-hybridized carbons (Fsp3) is 0.571. The number of hydrogen-bond donors (Lipinski definition) is 2. The van der Waals surface area contributed by atoms with Gasteiger partial charge in [-0.2, -0.15) is 0 Å². The van der Waals surface area contributed by atoms with E-state index in [1.807, 2.05) is 0 Å². The zero-order valence-electron chi connectivity index (χ0n) is 10.7. The minimum absolute atomic E-state index is 0.297. The van der Waals surface area contributed by atoms with E-state index in [-0.39, 0.29) is 5.82 Å². The molecular weight excluding hydrogens is 269 g/mol. The SMILES string of the molecule is OC(CNCc1c(F)cccc1Cl)COCC1CC1. The summed E-state index contributed by atoms with van der Waals surface area (Å²) in [5.74, 6) is 0.358. The Balaban J connectivity index is 1.64. The number of aliphatic hydroxyl groups excluding tert-OH is 1. The largest absolute Gasteiger partial charge is 0.389 e. The normalized spacial score (nSPS) is 16.6. The van der Waals surface area contributed by atoms with Crippen molar-refractivity contribution in [2.45, 2.75) is 25.5 Å². The summed E-state index contributed by atoms with van der Waals surface area (Å²) in [5, 5.41) is 13.1. The smallest absolute Gasteiger partial charge is 0.129 e. The van der Waals surface area contributed by atoms with Crippen LogP contribution in [0.25, 0.3) is 0 Å². The molecule has 0 saturated heterocycles. The van der Waals surface area contributed by atoms with E-state index < -0.39 is 6.10 Å². The first-order chi connectivity index (χ1) is 9.16. The Morgan fingerprint density at radius 3 is 2.95 bits per heavy atom. The number of hydrogen-bond acceptors (Lipinski definition) is 3. The van der Waals surface area contributed by atoms with Crippen molar-refractivity contribution in [1.29, 1.82) is 0 Å². The Bertz CT molecular complexity index is 392. The summed E-state index contributed by atoms with van der Waals surface area (Å²) >= 11 is 5.90. The summed E-state index contributed by atoms with van der Waals surface area (Å²) in [7, 11) is 0. The minimum Gasteiger partial charge on any atom is -0.389 e. The molecule has 2 rings (SSSR count). The van der Waals surface area contributed by atoms with Crippen molar-refractivity contribution in [3.8, 4) is 0 Å². The molecule has 1 fully saturated rings. The van der Waals surface area contributed by atoms with Crippen LogP contribution in [0.4, 0.5) is 4.39 Å². The number of ether oxygens (including phenoxy) is 1. The number of halogens is 2. The van der Waals surface area contributed by atoms with Gasteiger partial charge in [-0.25, -0.2) is 4.39 Å². The van der Waals surface area contributed by atoms with Gasteiger partial charge in [0.15, 0.2) is 0 Å². The first kappa shape index (κ1) is 14.7. The number of aliphatic hydroxyl groups is 1. The maximum absolute atomic E-state index is 13.5. The predicted octanol–water partition coefficient (Wildman–Crippen LogP) is 2.36. The van der Waals surface area contributed by atoms with Gasteiger partial charge in [0.25, 0.3) is 0 Å². The van der Waals surface area contributed by atoms with Crippen LogP contribution in [0.3, 0.4) is 0 Å². The standard InChI is InChI=1S/C14H19ClFNO2/c15-13-2-1-3-14(16)12(13)7-17-6-11(18)9-19-8-10-4-5-10/h1-3,10-11,17-18H,4-9H2. The summed E-state index contributed by atoms with van der Waals surface area (Å²) < 4.78 is 18.8. The molecule has 0 amide bonds. The summed E-state index contributed by atoms with van der Waals surface area (Å²) in [5.41, 5.74) is 0.426. The molecule has 2 N–H and O–H groups in total. The molecule has 0 spiro atoms. The van der Waals surface area contributed by atoms with Crippen LogP contribution in [0, 0.1) is 11.7 Å². The average molecular weight is 288 g/mol. The van der Waals surface area contributed by atoms with Crippen molar-refractivity contribution < 1.29 is 14.2 Å². The Labute approximate surface area is 117 Å². The van der Waals surface area contributed by atoms with Crippen molar-refractivity contribution in [3.05, 3.63) is 34.6 Å². The predicted molar refractivity (Wildman–Crippen MR) is 72.7 cm³/mol. The lowest BCUT2D eigenvalue weighted by molar-refractivity contribution is 0.0324. The van der Waals surface area contributed by atoms with Crippen LogP contribution >= 0.6 is 11.6 Å². The molecule has 1 atom stereocenters. The lowest BCUT2D eigenvalue weighted by Gasteiger charge is -2.13. The second-order valence-electron chi connectivity index (χ2n) is 4.97. The molecular formula is C14H19ClFNO2. The van der Waals surface area contributed by atoms with Crippen LogP contribution in [0.15, 0.2) is 18.2 Å². The quantitative estimate of drug-likeness (QED) is 0.771. The fourth-order valence-electron chi connectivity index (χ4n) is 1.78. The molecule has 5 heteroatoms. The molecule has 1 aliphatic carbocycles. The second-order valence-corrected chi connectivity index (χ2v) is 5.37. The maximum atomic E-state index is 13.5. The van der Waals surface area contributed by atoms with Crippen LogP contribution in [0.5, 0.6) is 0 Å². The molecule has 0 aromatic heterocycles.